The Morgan fingerprint density at radius 1 is 1.40 bits per heavy atom. The number of halogens is 2. The topological polar surface area (TPSA) is 0 Å². The van der Waals surface area contributed by atoms with Gasteiger partial charge in [0.15, 0.2) is 0 Å². The second kappa shape index (κ2) is 4.68. The van der Waals surface area contributed by atoms with Gasteiger partial charge in [0.2, 0.25) is 0 Å². The van der Waals surface area contributed by atoms with E-state index in [0.717, 1.165) is 5.56 Å². The lowest BCUT2D eigenvalue weighted by Gasteiger charge is -2.22. The molecule has 1 aliphatic rings. The van der Waals surface area contributed by atoms with E-state index < -0.39 is 0 Å². The van der Waals surface area contributed by atoms with Crippen LogP contribution in [0, 0.1) is 5.82 Å². The Bertz CT molecular complexity index is 362. The molecule has 1 aromatic carbocycles. The van der Waals surface area contributed by atoms with E-state index in [2.05, 4.69) is 22.9 Å². The number of thioether (sulfide) groups is 2. The van der Waals surface area contributed by atoms with Crippen molar-refractivity contribution >= 4 is 39.5 Å². The smallest absolute Gasteiger partial charge is 0.127 e. The number of hydrogen-bond donors (Lipinski definition) is 0. The molecule has 1 aliphatic heterocycles. The summed E-state index contributed by atoms with van der Waals surface area (Å²) in [6, 6.07) is 5.47. The van der Waals surface area contributed by atoms with Crippen molar-refractivity contribution < 1.29 is 4.39 Å². The van der Waals surface area contributed by atoms with Crippen LogP contribution in [0.3, 0.4) is 0 Å². The molecule has 0 aliphatic carbocycles. The zero-order chi connectivity index (χ0) is 10.9. The fourth-order valence-corrected chi connectivity index (χ4v) is 4.94. The first-order valence-electron chi connectivity index (χ1n) is 4.78. The highest BCUT2D eigenvalue weighted by Gasteiger charge is 2.32. The predicted octanol–water partition coefficient (Wildman–Crippen LogP) is 4.37. The van der Waals surface area contributed by atoms with E-state index in [-0.39, 0.29) is 9.90 Å². The van der Waals surface area contributed by atoms with Crippen LogP contribution in [-0.2, 0) is 9.41 Å². The van der Waals surface area contributed by atoms with Crippen molar-refractivity contribution in [3.8, 4) is 0 Å². The Morgan fingerprint density at radius 2 is 2.07 bits per heavy atom. The van der Waals surface area contributed by atoms with Gasteiger partial charge in [-0.1, -0.05) is 22.0 Å². The van der Waals surface area contributed by atoms with Crippen molar-refractivity contribution in [2.45, 2.75) is 16.3 Å². The van der Waals surface area contributed by atoms with E-state index >= 15 is 0 Å². The number of hydrogen-bond acceptors (Lipinski definition) is 2. The van der Waals surface area contributed by atoms with Gasteiger partial charge in [-0.25, -0.2) is 4.39 Å². The van der Waals surface area contributed by atoms with Crippen molar-refractivity contribution in [1.82, 2.24) is 0 Å². The summed E-state index contributed by atoms with van der Waals surface area (Å²) in [5.41, 5.74) is 1.98. The standard InChI is InChI=1S/C11H12BrFS2/c1-11(14-4-5-15-11)9-2-3-10(13)8(6-9)7-12/h2-3,6H,4-5,7H2,1H3. The van der Waals surface area contributed by atoms with Crippen molar-refractivity contribution in [1.29, 1.82) is 0 Å². The molecule has 0 N–H and O–H groups in total. The molecule has 0 radical (unpaired) electrons. The lowest BCUT2D eigenvalue weighted by atomic mass is 10.1. The minimum Gasteiger partial charge on any atom is -0.207 e. The second-order valence-electron chi connectivity index (χ2n) is 3.58. The maximum atomic E-state index is 13.3. The summed E-state index contributed by atoms with van der Waals surface area (Å²) in [5, 5.41) is 0.581. The highest BCUT2D eigenvalue weighted by atomic mass is 79.9. The number of alkyl halides is 1. The van der Waals surface area contributed by atoms with Gasteiger partial charge in [0.25, 0.3) is 0 Å². The summed E-state index contributed by atoms with van der Waals surface area (Å²) in [6.45, 7) is 2.22. The molecule has 0 spiro atoms. The van der Waals surface area contributed by atoms with Gasteiger partial charge in [0.05, 0.1) is 4.08 Å². The Morgan fingerprint density at radius 3 is 2.67 bits per heavy atom. The Balaban J connectivity index is 2.36. The molecule has 0 amide bonds. The van der Waals surface area contributed by atoms with Crippen LogP contribution >= 0.6 is 39.5 Å². The summed E-state index contributed by atoms with van der Waals surface area (Å²) in [5.74, 6) is 2.25. The molecule has 0 atom stereocenters. The van der Waals surface area contributed by atoms with Gasteiger partial charge in [-0.3, -0.25) is 0 Å². The molecular formula is C11H12BrFS2. The molecule has 82 valence electrons. The third-order valence-electron chi connectivity index (χ3n) is 2.55. The normalized spacial score (nSPS) is 19.4. The Labute approximate surface area is 107 Å². The van der Waals surface area contributed by atoms with Crippen LogP contribution in [-0.4, -0.2) is 11.5 Å². The molecular weight excluding hydrogens is 295 g/mol. The van der Waals surface area contributed by atoms with Crippen LogP contribution in [0.2, 0.25) is 0 Å². The third kappa shape index (κ3) is 2.37. The summed E-state index contributed by atoms with van der Waals surface area (Å²) >= 11 is 7.21. The quantitative estimate of drug-likeness (QED) is 0.744. The molecule has 1 aromatic rings. The van der Waals surface area contributed by atoms with Crippen LogP contribution in [0.15, 0.2) is 18.2 Å². The summed E-state index contributed by atoms with van der Waals surface area (Å²) in [7, 11) is 0. The maximum absolute atomic E-state index is 13.3. The van der Waals surface area contributed by atoms with E-state index in [0.29, 0.717) is 5.33 Å². The molecule has 0 nitrogen and oxygen atoms in total. The Kier molecular flexibility index (Phi) is 3.68. The first kappa shape index (κ1) is 11.8. The molecule has 1 fully saturated rings. The van der Waals surface area contributed by atoms with E-state index in [1.165, 1.54) is 17.1 Å². The first-order chi connectivity index (χ1) is 7.15. The molecule has 0 saturated carbocycles. The predicted molar refractivity (Wildman–Crippen MR) is 71.3 cm³/mol. The summed E-state index contributed by atoms with van der Waals surface area (Å²) < 4.78 is 13.5. The molecule has 0 unspecified atom stereocenters. The van der Waals surface area contributed by atoms with E-state index in [9.17, 15) is 4.39 Å². The van der Waals surface area contributed by atoms with Gasteiger partial charge in [-0.05, 0) is 30.2 Å². The number of benzene rings is 1. The molecule has 0 aromatic heterocycles. The monoisotopic (exact) mass is 306 g/mol. The summed E-state index contributed by atoms with van der Waals surface area (Å²) in [4.78, 5) is 0. The lowest BCUT2D eigenvalue weighted by Crippen LogP contribution is -2.09. The van der Waals surface area contributed by atoms with Gasteiger partial charge in [-0.15, -0.1) is 23.5 Å². The highest BCUT2D eigenvalue weighted by Crippen LogP contribution is 2.51. The minimum atomic E-state index is -0.118. The molecule has 2 rings (SSSR count). The average Bonchev–Trinajstić information content (AvgIpc) is 2.67. The van der Waals surface area contributed by atoms with Crippen molar-refractivity contribution in [2.75, 3.05) is 11.5 Å². The van der Waals surface area contributed by atoms with Crippen LogP contribution in [0.4, 0.5) is 4.39 Å². The van der Waals surface area contributed by atoms with Crippen LogP contribution in [0.5, 0.6) is 0 Å². The van der Waals surface area contributed by atoms with Crippen molar-refractivity contribution in [3.05, 3.63) is 35.1 Å². The van der Waals surface area contributed by atoms with E-state index in [1.807, 2.05) is 35.7 Å². The van der Waals surface area contributed by atoms with Gasteiger partial charge >= 0.3 is 0 Å². The fraction of sp³-hybridized carbons (Fsp3) is 0.455. The summed E-state index contributed by atoms with van der Waals surface area (Å²) in [6.07, 6.45) is 0. The highest BCUT2D eigenvalue weighted by molar-refractivity contribution is 9.08. The van der Waals surface area contributed by atoms with Crippen LogP contribution < -0.4 is 0 Å². The molecule has 15 heavy (non-hydrogen) atoms. The van der Waals surface area contributed by atoms with Crippen molar-refractivity contribution in [2.24, 2.45) is 0 Å². The molecule has 0 bridgehead atoms. The van der Waals surface area contributed by atoms with E-state index in [4.69, 9.17) is 0 Å². The molecule has 1 saturated heterocycles. The van der Waals surface area contributed by atoms with Gasteiger partial charge in [0, 0.05) is 16.8 Å². The van der Waals surface area contributed by atoms with Crippen molar-refractivity contribution in [3.63, 3.8) is 0 Å². The lowest BCUT2D eigenvalue weighted by molar-refractivity contribution is 0.616. The zero-order valence-corrected chi connectivity index (χ0v) is 11.6. The van der Waals surface area contributed by atoms with Gasteiger partial charge in [0.1, 0.15) is 5.82 Å². The molecule has 1 heterocycles. The molecule has 4 heteroatoms. The van der Waals surface area contributed by atoms with Crippen LogP contribution in [0.25, 0.3) is 0 Å². The number of rotatable bonds is 2. The largest absolute Gasteiger partial charge is 0.207 e. The van der Waals surface area contributed by atoms with E-state index in [1.54, 1.807) is 6.07 Å². The fourth-order valence-electron chi connectivity index (χ4n) is 1.64. The van der Waals surface area contributed by atoms with Gasteiger partial charge in [-0.2, -0.15) is 0 Å². The van der Waals surface area contributed by atoms with Crippen LogP contribution in [0.1, 0.15) is 18.1 Å². The minimum absolute atomic E-state index is 0.116. The average molecular weight is 307 g/mol. The zero-order valence-electron chi connectivity index (χ0n) is 8.43. The first-order valence-corrected chi connectivity index (χ1v) is 7.88. The third-order valence-corrected chi connectivity index (χ3v) is 6.51. The maximum Gasteiger partial charge on any atom is 0.127 e. The SMILES string of the molecule is CC1(c2ccc(F)c(CBr)c2)SCCS1. The second-order valence-corrected chi connectivity index (χ2v) is 7.43. The van der Waals surface area contributed by atoms with Gasteiger partial charge < -0.3 is 0 Å². The Hall–Kier alpha value is 0.330.